The molecular formula is C15H23FN2O. The largest absolute Gasteiger partial charge is 0.379 e. The van der Waals surface area contributed by atoms with Crippen molar-refractivity contribution in [2.24, 2.45) is 0 Å². The summed E-state index contributed by atoms with van der Waals surface area (Å²) >= 11 is 0. The number of rotatable bonds is 6. The number of nitrogens with zero attached hydrogens (tertiary/aromatic N) is 1. The zero-order valence-corrected chi connectivity index (χ0v) is 11.6. The van der Waals surface area contributed by atoms with Crippen molar-refractivity contribution >= 4 is 0 Å². The van der Waals surface area contributed by atoms with E-state index in [4.69, 9.17) is 4.74 Å². The number of benzene rings is 1. The lowest BCUT2D eigenvalue weighted by molar-refractivity contribution is 0.0361. The first kappa shape index (κ1) is 14.4. The maximum absolute atomic E-state index is 13.3. The zero-order chi connectivity index (χ0) is 13.5. The van der Waals surface area contributed by atoms with Gasteiger partial charge < -0.3 is 10.1 Å². The molecule has 2 rings (SSSR count). The van der Waals surface area contributed by atoms with Crippen LogP contribution in [-0.4, -0.2) is 44.3 Å². The molecule has 4 heteroatoms. The summed E-state index contributed by atoms with van der Waals surface area (Å²) in [6.45, 7) is 7.66. The number of nitrogens with one attached hydrogen (secondary N) is 1. The Morgan fingerprint density at radius 3 is 2.84 bits per heavy atom. The summed E-state index contributed by atoms with van der Waals surface area (Å²) < 4.78 is 18.7. The highest BCUT2D eigenvalue weighted by Gasteiger charge is 2.15. The molecule has 0 aliphatic carbocycles. The molecule has 1 aliphatic rings. The molecule has 1 aromatic carbocycles. The van der Waals surface area contributed by atoms with Crippen molar-refractivity contribution in [1.29, 1.82) is 0 Å². The van der Waals surface area contributed by atoms with E-state index < -0.39 is 0 Å². The third kappa shape index (κ3) is 4.56. The molecule has 1 unspecified atom stereocenters. The Labute approximate surface area is 114 Å². The Morgan fingerprint density at radius 2 is 2.16 bits per heavy atom. The fourth-order valence-corrected chi connectivity index (χ4v) is 2.49. The molecule has 0 spiro atoms. The smallest absolute Gasteiger partial charge is 0.123 e. The van der Waals surface area contributed by atoms with Crippen LogP contribution in [-0.2, 0) is 4.74 Å². The highest BCUT2D eigenvalue weighted by molar-refractivity contribution is 5.20. The molecule has 1 aromatic rings. The van der Waals surface area contributed by atoms with Crippen LogP contribution in [0.2, 0.25) is 0 Å². The Bertz CT molecular complexity index is 380. The molecule has 0 radical (unpaired) electrons. The minimum atomic E-state index is -0.160. The molecule has 0 aromatic heterocycles. The van der Waals surface area contributed by atoms with Gasteiger partial charge in [-0.25, -0.2) is 4.39 Å². The van der Waals surface area contributed by atoms with Crippen molar-refractivity contribution in [1.82, 2.24) is 10.2 Å². The highest BCUT2D eigenvalue weighted by atomic mass is 19.1. The van der Waals surface area contributed by atoms with Gasteiger partial charge in [0.2, 0.25) is 0 Å². The summed E-state index contributed by atoms with van der Waals surface area (Å²) in [6, 6.07) is 7.13. The van der Waals surface area contributed by atoms with Gasteiger partial charge in [-0.3, -0.25) is 4.90 Å². The Kier molecular flexibility index (Phi) is 5.76. The van der Waals surface area contributed by atoms with E-state index in [0.717, 1.165) is 51.4 Å². The van der Waals surface area contributed by atoms with Gasteiger partial charge in [-0.1, -0.05) is 19.1 Å². The fourth-order valence-electron chi connectivity index (χ4n) is 2.49. The van der Waals surface area contributed by atoms with E-state index in [1.807, 2.05) is 6.07 Å². The van der Waals surface area contributed by atoms with Crippen molar-refractivity contribution in [3.05, 3.63) is 35.6 Å². The monoisotopic (exact) mass is 266 g/mol. The SMILES string of the molecule is CCNC(CCN1CCOCC1)c1cccc(F)c1. The third-order valence-corrected chi connectivity index (χ3v) is 3.54. The standard InChI is InChI=1S/C15H23FN2O/c1-2-17-15(13-4-3-5-14(16)12-13)6-7-18-8-10-19-11-9-18/h3-5,12,15,17H,2,6-11H2,1H3. The highest BCUT2D eigenvalue weighted by Crippen LogP contribution is 2.18. The average Bonchev–Trinajstić information content (AvgIpc) is 2.44. The summed E-state index contributed by atoms with van der Waals surface area (Å²) in [5.74, 6) is -0.160. The second-order valence-electron chi connectivity index (χ2n) is 4.91. The first-order valence-corrected chi connectivity index (χ1v) is 7.08. The maximum atomic E-state index is 13.3. The van der Waals surface area contributed by atoms with Crippen LogP contribution in [0.15, 0.2) is 24.3 Å². The average molecular weight is 266 g/mol. The Hall–Kier alpha value is -0.970. The minimum Gasteiger partial charge on any atom is -0.379 e. The van der Waals surface area contributed by atoms with Gasteiger partial charge >= 0.3 is 0 Å². The van der Waals surface area contributed by atoms with Crippen molar-refractivity contribution in [2.45, 2.75) is 19.4 Å². The van der Waals surface area contributed by atoms with Crippen LogP contribution >= 0.6 is 0 Å². The van der Waals surface area contributed by atoms with Gasteiger partial charge in [0.15, 0.2) is 0 Å². The number of hydrogen-bond acceptors (Lipinski definition) is 3. The molecule has 0 saturated carbocycles. The van der Waals surface area contributed by atoms with Gasteiger partial charge in [-0.15, -0.1) is 0 Å². The van der Waals surface area contributed by atoms with Gasteiger partial charge in [0.1, 0.15) is 5.82 Å². The molecule has 0 bridgehead atoms. The number of halogens is 1. The molecule has 1 N–H and O–H groups in total. The summed E-state index contributed by atoms with van der Waals surface area (Å²) in [7, 11) is 0. The zero-order valence-electron chi connectivity index (χ0n) is 11.6. The van der Waals surface area contributed by atoms with E-state index in [0.29, 0.717) is 0 Å². The van der Waals surface area contributed by atoms with E-state index in [1.54, 1.807) is 12.1 Å². The van der Waals surface area contributed by atoms with E-state index in [1.165, 1.54) is 6.07 Å². The summed E-state index contributed by atoms with van der Waals surface area (Å²) in [5.41, 5.74) is 1.04. The van der Waals surface area contributed by atoms with E-state index >= 15 is 0 Å². The van der Waals surface area contributed by atoms with Crippen molar-refractivity contribution in [2.75, 3.05) is 39.4 Å². The van der Waals surface area contributed by atoms with Crippen LogP contribution < -0.4 is 5.32 Å². The third-order valence-electron chi connectivity index (χ3n) is 3.54. The normalized spacial score (nSPS) is 18.4. The summed E-state index contributed by atoms with van der Waals surface area (Å²) in [4.78, 5) is 2.41. The van der Waals surface area contributed by atoms with Crippen LogP contribution in [0.5, 0.6) is 0 Å². The molecule has 1 saturated heterocycles. The van der Waals surface area contributed by atoms with Crippen molar-refractivity contribution < 1.29 is 9.13 Å². The quantitative estimate of drug-likeness (QED) is 0.854. The van der Waals surface area contributed by atoms with E-state index in [-0.39, 0.29) is 11.9 Å². The molecule has 1 fully saturated rings. The maximum Gasteiger partial charge on any atom is 0.123 e. The molecule has 1 heterocycles. The van der Waals surface area contributed by atoms with Crippen LogP contribution in [0.3, 0.4) is 0 Å². The molecule has 0 amide bonds. The van der Waals surface area contributed by atoms with Crippen LogP contribution in [0.25, 0.3) is 0 Å². The Balaban J connectivity index is 1.91. The van der Waals surface area contributed by atoms with Crippen LogP contribution in [0.1, 0.15) is 24.9 Å². The fraction of sp³-hybridized carbons (Fsp3) is 0.600. The first-order valence-electron chi connectivity index (χ1n) is 7.08. The molecular weight excluding hydrogens is 243 g/mol. The topological polar surface area (TPSA) is 24.5 Å². The van der Waals surface area contributed by atoms with Crippen molar-refractivity contribution in [3.8, 4) is 0 Å². The number of morpholine rings is 1. The van der Waals surface area contributed by atoms with Crippen molar-refractivity contribution in [3.63, 3.8) is 0 Å². The van der Waals surface area contributed by atoms with Crippen LogP contribution in [0, 0.1) is 5.82 Å². The number of ether oxygens (including phenoxy) is 1. The Morgan fingerprint density at radius 1 is 1.37 bits per heavy atom. The molecule has 106 valence electrons. The molecule has 3 nitrogen and oxygen atoms in total. The molecule has 19 heavy (non-hydrogen) atoms. The second-order valence-corrected chi connectivity index (χ2v) is 4.91. The first-order chi connectivity index (χ1) is 9.29. The van der Waals surface area contributed by atoms with Gasteiger partial charge in [-0.05, 0) is 30.7 Å². The van der Waals surface area contributed by atoms with E-state index in [9.17, 15) is 4.39 Å². The number of hydrogen-bond donors (Lipinski definition) is 1. The second kappa shape index (κ2) is 7.58. The van der Waals surface area contributed by atoms with Gasteiger partial charge in [0.05, 0.1) is 13.2 Å². The van der Waals surface area contributed by atoms with Gasteiger partial charge in [0, 0.05) is 25.7 Å². The lowest BCUT2D eigenvalue weighted by Gasteiger charge is -2.28. The molecule has 1 atom stereocenters. The van der Waals surface area contributed by atoms with E-state index in [2.05, 4.69) is 17.1 Å². The lowest BCUT2D eigenvalue weighted by Crippen LogP contribution is -2.38. The molecule has 1 aliphatic heterocycles. The predicted molar refractivity (Wildman–Crippen MR) is 74.7 cm³/mol. The summed E-state index contributed by atoms with van der Waals surface area (Å²) in [5, 5.41) is 3.44. The van der Waals surface area contributed by atoms with Gasteiger partial charge in [-0.2, -0.15) is 0 Å². The van der Waals surface area contributed by atoms with Crippen LogP contribution in [0.4, 0.5) is 4.39 Å². The lowest BCUT2D eigenvalue weighted by atomic mass is 10.0. The summed E-state index contributed by atoms with van der Waals surface area (Å²) in [6.07, 6.45) is 0.997. The van der Waals surface area contributed by atoms with Gasteiger partial charge in [0.25, 0.3) is 0 Å². The predicted octanol–water partition coefficient (Wildman–Crippen LogP) is 2.20. The minimum absolute atomic E-state index is 0.160.